The summed E-state index contributed by atoms with van der Waals surface area (Å²) in [7, 11) is 1.49. The van der Waals surface area contributed by atoms with Gasteiger partial charge in [0.05, 0.1) is 19.2 Å². The van der Waals surface area contributed by atoms with Gasteiger partial charge in [-0.15, -0.1) is 0 Å². The summed E-state index contributed by atoms with van der Waals surface area (Å²) in [5.74, 6) is -2.35. The maximum atomic E-state index is 13.4. The van der Waals surface area contributed by atoms with E-state index in [1.807, 2.05) is 13.0 Å². The molecular weight excluding hydrogens is 332 g/mol. The molecule has 0 saturated carbocycles. The van der Waals surface area contributed by atoms with Gasteiger partial charge < -0.3 is 14.8 Å². The average molecular weight is 349 g/mol. The van der Waals surface area contributed by atoms with E-state index in [4.69, 9.17) is 9.47 Å². The van der Waals surface area contributed by atoms with Gasteiger partial charge in [-0.1, -0.05) is 17.7 Å². The van der Waals surface area contributed by atoms with E-state index in [9.17, 15) is 18.4 Å². The second-order valence-corrected chi connectivity index (χ2v) is 5.33. The Labute approximate surface area is 143 Å². The molecule has 0 aromatic heterocycles. The summed E-state index contributed by atoms with van der Waals surface area (Å²) >= 11 is 0. The van der Waals surface area contributed by atoms with Gasteiger partial charge in [-0.3, -0.25) is 9.59 Å². The largest absolute Gasteiger partial charge is 0.496 e. The first-order valence-corrected chi connectivity index (χ1v) is 7.43. The maximum absolute atomic E-state index is 13.4. The molecular formula is C18H17F2NO4. The van der Waals surface area contributed by atoms with Gasteiger partial charge in [0.25, 0.3) is 5.91 Å². The number of hydrogen-bond donors (Lipinski definition) is 1. The number of amides is 1. The first kappa shape index (κ1) is 18.4. The predicted octanol–water partition coefficient (Wildman–Crippen LogP) is 3.01. The van der Waals surface area contributed by atoms with Crippen LogP contribution in [0.1, 0.15) is 11.1 Å². The maximum Gasteiger partial charge on any atom is 0.310 e. The number of aryl methyl sites for hydroxylation is 1. The number of esters is 1. The summed E-state index contributed by atoms with van der Waals surface area (Å²) in [5.41, 5.74) is 1.26. The van der Waals surface area contributed by atoms with Crippen molar-refractivity contribution in [1.82, 2.24) is 0 Å². The van der Waals surface area contributed by atoms with Gasteiger partial charge in [0.2, 0.25) is 0 Å². The van der Waals surface area contributed by atoms with E-state index in [0.717, 1.165) is 23.8 Å². The Morgan fingerprint density at radius 1 is 1.12 bits per heavy atom. The molecule has 0 fully saturated rings. The number of anilines is 1. The lowest BCUT2D eigenvalue weighted by Crippen LogP contribution is -2.22. The molecule has 0 atom stereocenters. The lowest BCUT2D eigenvalue weighted by atomic mass is 10.1. The summed E-state index contributed by atoms with van der Waals surface area (Å²) in [6.45, 7) is 1.26. The standard InChI is InChI=1S/C18H17F2NO4/c1-11-3-6-16(24-2)12(7-11)8-18(23)25-10-17(22)21-15-9-13(19)4-5-14(15)20/h3-7,9H,8,10H2,1-2H3,(H,21,22). The van der Waals surface area contributed by atoms with Gasteiger partial charge >= 0.3 is 5.97 Å². The average Bonchev–Trinajstić information content (AvgIpc) is 2.56. The molecule has 0 radical (unpaired) electrons. The number of halogens is 2. The highest BCUT2D eigenvalue weighted by Crippen LogP contribution is 2.20. The van der Waals surface area contributed by atoms with E-state index in [-0.39, 0.29) is 12.1 Å². The normalized spacial score (nSPS) is 10.2. The zero-order valence-electron chi connectivity index (χ0n) is 13.8. The summed E-state index contributed by atoms with van der Waals surface area (Å²) in [6, 6.07) is 8.02. The molecule has 7 heteroatoms. The zero-order chi connectivity index (χ0) is 18.4. The zero-order valence-corrected chi connectivity index (χ0v) is 13.8. The molecule has 0 saturated heterocycles. The molecule has 132 valence electrons. The van der Waals surface area contributed by atoms with Gasteiger partial charge in [0, 0.05) is 11.6 Å². The van der Waals surface area contributed by atoms with Gasteiger partial charge in [-0.2, -0.15) is 0 Å². The number of benzene rings is 2. The van der Waals surface area contributed by atoms with Gasteiger partial charge in [0.15, 0.2) is 6.61 Å². The number of hydrogen-bond acceptors (Lipinski definition) is 4. The second kappa shape index (κ2) is 8.23. The van der Waals surface area contributed by atoms with Crippen molar-refractivity contribution in [3.05, 3.63) is 59.2 Å². The number of rotatable bonds is 6. The molecule has 1 N–H and O–H groups in total. The van der Waals surface area contributed by atoms with E-state index in [2.05, 4.69) is 5.32 Å². The molecule has 2 aromatic carbocycles. The Kier molecular flexibility index (Phi) is 6.05. The van der Waals surface area contributed by atoms with Crippen LogP contribution in [0.5, 0.6) is 5.75 Å². The molecule has 0 unspecified atom stereocenters. The third-order valence-corrected chi connectivity index (χ3v) is 3.34. The van der Waals surface area contributed by atoms with Crippen LogP contribution in [0.2, 0.25) is 0 Å². The number of ether oxygens (including phenoxy) is 2. The van der Waals surface area contributed by atoms with Crippen molar-refractivity contribution in [3.63, 3.8) is 0 Å². The summed E-state index contributed by atoms with van der Waals surface area (Å²) in [6.07, 6.45) is -0.0769. The van der Waals surface area contributed by atoms with Crippen LogP contribution >= 0.6 is 0 Å². The third kappa shape index (κ3) is 5.27. The van der Waals surface area contributed by atoms with Crippen LogP contribution in [0.15, 0.2) is 36.4 Å². The van der Waals surface area contributed by atoms with E-state index < -0.39 is 30.1 Å². The van der Waals surface area contributed by atoms with Crippen molar-refractivity contribution in [3.8, 4) is 5.75 Å². The van der Waals surface area contributed by atoms with Crippen molar-refractivity contribution in [2.45, 2.75) is 13.3 Å². The van der Waals surface area contributed by atoms with E-state index >= 15 is 0 Å². The smallest absolute Gasteiger partial charge is 0.310 e. The highest BCUT2D eigenvalue weighted by Gasteiger charge is 2.13. The fourth-order valence-corrected chi connectivity index (χ4v) is 2.18. The van der Waals surface area contributed by atoms with Crippen LogP contribution in [-0.2, 0) is 20.7 Å². The molecule has 0 spiro atoms. The topological polar surface area (TPSA) is 64.6 Å². The molecule has 2 aromatic rings. The monoisotopic (exact) mass is 349 g/mol. The lowest BCUT2D eigenvalue weighted by Gasteiger charge is -2.10. The van der Waals surface area contributed by atoms with Crippen LogP contribution in [0, 0.1) is 18.6 Å². The van der Waals surface area contributed by atoms with E-state index in [1.165, 1.54) is 7.11 Å². The predicted molar refractivity (Wildman–Crippen MR) is 87.4 cm³/mol. The minimum absolute atomic E-state index is 0.0769. The molecule has 0 aliphatic rings. The van der Waals surface area contributed by atoms with Crippen LogP contribution in [0.25, 0.3) is 0 Å². The number of nitrogens with one attached hydrogen (secondary N) is 1. The molecule has 1 amide bonds. The minimum atomic E-state index is -0.787. The molecule has 0 heterocycles. The summed E-state index contributed by atoms with van der Waals surface area (Å²) in [4.78, 5) is 23.6. The Hall–Kier alpha value is -2.96. The van der Waals surface area contributed by atoms with Crippen LogP contribution < -0.4 is 10.1 Å². The first-order chi connectivity index (χ1) is 11.9. The van der Waals surface area contributed by atoms with Crippen LogP contribution in [0.3, 0.4) is 0 Å². The molecule has 0 bridgehead atoms. The van der Waals surface area contributed by atoms with E-state index in [1.54, 1.807) is 12.1 Å². The summed E-state index contributed by atoms with van der Waals surface area (Å²) in [5, 5.41) is 2.15. The first-order valence-electron chi connectivity index (χ1n) is 7.43. The molecule has 5 nitrogen and oxygen atoms in total. The van der Waals surface area contributed by atoms with Gasteiger partial charge in [-0.25, -0.2) is 8.78 Å². The van der Waals surface area contributed by atoms with Gasteiger partial charge in [-0.05, 0) is 25.1 Å². The number of carbonyl (C=O) groups excluding carboxylic acids is 2. The Bertz CT molecular complexity index is 793. The Balaban J connectivity index is 1.90. The Morgan fingerprint density at radius 2 is 1.88 bits per heavy atom. The van der Waals surface area contributed by atoms with Crippen molar-refractivity contribution in [2.24, 2.45) is 0 Å². The van der Waals surface area contributed by atoms with Crippen LogP contribution in [0.4, 0.5) is 14.5 Å². The number of carbonyl (C=O) groups is 2. The van der Waals surface area contributed by atoms with Crippen LogP contribution in [-0.4, -0.2) is 25.6 Å². The van der Waals surface area contributed by atoms with Crippen molar-refractivity contribution in [2.75, 3.05) is 19.0 Å². The number of methoxy groups -OCH3 is 1. The van der Waals surface area contributed by atoms with E-state index in [0.29, 0.717) is 11.3 Å². The molecule has 2 rings (SSSR count). The highest BCUT2D eigenvalue weighted by molar-refractivity contribution is 5.93. The quantitative estimate of drug-likeness (QED) is 0.815. The van der Waals surface area contributed by atoms with Crippen molar-refractivity contribution < 1.29 is 27.8 Å². The SMILES string of the molecule is COc1ccc(C)cc1CC(=O)OCC(=O)Nc1cc(F)ccc1F. The minimum Gasteiger partial charge on any atom is -0.496 e. The summed E-state index contributed by atoms with van der Waals surface area (Å²) < 4.78 is 36.5. The third-order valence-electron chi connectivity index (χ3n) is 3.34. The molecule has 25 heavy (non-hydrogen) atoms. The van der Waals surface area contributed by atoms with Gasteiger partial charge in [0.1, 0.15) is 17.4 Å². The molecule has 0 aliphatic carbocycles. The Morgan fingerprint density at radius 3 is 2.60 bits per heavy atom. The second-order valence-electron chi connectivity index (χ2n) is 5.33. The highest BCUT2D eigenvalue weighted by atomic mass is 19.1. The fourth-order valence-electron chi connectivity index (χ4n) is 2.18. The van der Waals surface area contributed by atoms with Crippen molar-refractivity contribution >= 4 is 17.6 Å². The lowest BCUT2D eigenvalue weighted by molar-refractivity contribution is -0.146. The van der Waals surface area contributed by atoms with Crippen molar-refractivity contribution in [1.29, 1.82) is 0 Å². The molecule has 0 aliphatic heterocycles. The fraction of sp³-hybridized carbons (Fsp3) is 0.222.